The van der Waals surface area contributed by atoms with Crippen LogP contribution in [0.5, 0.6) is 11.5 Å². The molecule has 0 unspecified atom stereocenters. The Bertz CT molecular complexity index is 464. The number of hydrogen-bond acceptors (Lipinski definition) is 4. The van der Waals surface area contributed by atoms with Crippen molar-refractivity contribution in [2.24, 2.45) is 0 Å². The van der Waals surface area contributed by atoms with Gasteiger partial charge in [0, 0.05) is 11.8 Å². The highest BCUT2D eigenvalue weighted by Gasteiger charge is 2.27. The Hall–Kier alpha value is -2.12. The lowest BCUT2D eigenvalue weighted by Gasteiger charge is -2.12. The molecule has 0 aliphatic rings. The summed E-state index contributed by atoms with van der Waals surface area (Å²) in [6.07, 6.45) is -4.42. The van der Waals surface area contributed by atoms with E-state index >= 15 is 0 Å². The first-order chi connectivity index (χ1) is 9.35. The van der Waals surface area contributed by atoms with Crippen molar-refractivity contribution in [1.29, 1.82) is 0 Å². The molecule has 0 aliphatic carbocycles. The monoisotopic (exact) mass is 292 g/mol. The molecule has 112 valence electrons. The van der Waals surface area contributed by atoms with Crippen molar-refractivity contribution < 1.29 is 27.4 Å². The van der Waals surface area contributed by atoms with Crippen molar-refractivity contribution in [3.8, 4) is 11.5 Å². The highest BCUT2D eigenvalue weighted by Crippen LogP contribution is 2.29. The fraction of sp³-hybridized carbons (Fsp3) is 0.417. The van der Waals surface area contributed by atoms with E-state index in [1.54, 1.807) is 23.5 Å². The van der Waals surface area contributed by atoms with Gasteiger partial charge in [-0.2, -0.15) is 13.2 Å². The minimum atomic E-state index is -4.42. The Morgan fingerprint density at radius 3 is 2.40 bits per heavy atom. The molecule has 1 rings (SSSR count). The summed E-state index contributed by atoms with van der Waals surface area (Å²) in [4.78, 5) is 11.2. The minimum absolute atomic E-state index is 0.272. The summed E-state index contributed by atoms with van der Waals surface area (Å²) in [5.41, 5.74) is 0.532. The zero-order valence-corrected chi connectivity index (χ0v) is 11.0. The van der Waals surface area contributed by atoms with Crippen LogP contribution in [0, 0.1) is 0 Å². The van der Waals surface area contributed by atoms with Crippen molar-refractivity contribution >= 4 is 11.6 Å². The molecule has 1 aromatic rings. The number of halogens is 3. The Morgan fingerprint density at radius 2 is 1.85 bits per heavy atom. The van der Waals surface area contributed by atoms with Gasteiger partial charge in [0.15, 0.2) is 11.5 Å². The van der Waals surface area contributed by atoms with Gasteiger partial charge >= 0.3 is 6.18 Å². The van der Waals surface area contributed by atoms with E-state index < -0.39 is 18.6 Å². The number of carbonyl (C=O) groups excluding carboxylic acids is 1. The van der Waals surface area contributed by atoms with Crippen molar-refractivity contribution in [3.63, 3.8) is 0 Å². The third-order valence-electron chi connectivity index (χ3n) is 2.32. The van der Waals surface area contributed by atoms with Gasteiger partial charge in [-0.25, -0.2) is 0 Å². The smallest absolute Gasteiger partial charge is 0.405 e. The maximum Gasteiger partial charge on any atom is 0.405 e. The molecule has 0 saturated carbocycles. The van der Waals surface area contributed by atoms with Crippen LogP contribution in [-0.2, 0) is 4.79 Å². The largest absolute Gasteiger partial charge is 0.493 e. The van der Waals surface area contributed by atoms with E-state index in [1.165, 1.54) is 14.2 Å². The van der Waals surface area contributed by atoms with Crippen molar-refractivity contribution in [2.75, 3.05) is 32.6 Å². The van der Waals surface area contributed by atoms with Crippen molar-refractivity contribution in [1.82, 2.24) is 5.32 Å². The number of amides is 1. The molecule has 0 saturated heterocycles. The second-order valence-corrected chi connectivity index (χ2v) is 3.82. The van der Waals surface area contributed by atoms with Gasteiger partial charge in [0.1, 0.15) is 6.54 Å². The van der Waals surface area contributed by atoms with E-state index in [2.05, 4.69) is 5.32 Å². The number of nitrogens with one attached hydrogen (secondary N) is 2. The zero-order valence-electron chi connectivity index (χ0n) is 11.0. The van der Waals surface area contributed by atoms with E-state index in [9.17, 15) is 18.0 Å². The fourth-order valence-corrected chi connectivity index (χ4v) is 1.39. The van der Waals surface area contributed by atoms with E-state index in [1.807, 2.05) is 0 Å². The molecule has 20 heavy (non-hydrogen) atoms. The molecule has 1 amide bonds. The van der Waals surface area contributed by atoms with Gasteiger partial charge in [0.05, 0.1) is 20.8 Å². The predicted octanol–water partition coefficient (Wildman–Crippen LogP) is 1.79. The van der Waals surface area contributed by atoms with Gasteiger partial charge in [-0.05, 0) is 12.1 Å². The highest BCUT2D eigenvalue weighted by atomic mass is 19.4. The lowest BCUT2D eigenvalue weighted by molar-refractivity contribution is -0.137. The van der Waals surface area contributed by atoms with Gasteiger partial charge in [0.2, 0.25) is 5.91 Å². The Kier molecular flexibility index (Phi) is 5.48. The molecule has 1 aromatic carbocycles. The number of anilines is 1. The molecule has 0 aromatic heterocycles. The third-order valence-corrected chi connectivity index (χ3v) is 2.32. The molecule has 0 fully saturated rings. The molecule has 0 bridgehead atoms. The number of carbonyl (C=O) groups is 1. The number of hydrogen-bond donors (Lipinski definition) is 2. The summed E-state index contributed by atoms with van der Waals surface area (Å²) in [5, 5.41) is 4.45. The Balaban J connectivity index is 2.51. The number of methoxy groups -OCH3 is 2. The van der Waals surface area contributed by atoms with Gasteiger partial charge < -0.3 is 20.1 Å². The normalized spacial score (nSPS) is 10.8. The summed E-state index contributed by atoms with van der Waals surface area (Å²) in [6.45, 7) is -1.62. The van der Waals surface area contributed by atoms with Crippen LogP contribution in [0.25, 0.3) is 0 Å². The van der Waals surface area contributed by atoms with E-state index in [4.69, 9.17) is 9.47 Å². The molecule has 0 aliphatic heterocycles. The average Bonchev–Trinajstić information content (AvgIpc) is 2.41. The summed E-state index contributed by atoms with van der Waals surface area (Å²) < 4.78 is 45.8. The SMILES string of the molecule is COc1ccc(NCC(=O)NCC(F)(F)F)cc1OC. The fourth-order valence-electron chi connectivity index (χ4n) is 1.39. The highest BCUT2D eigenvalue weighted by molar-refractivity contribution is 5.80. The zero-order chi connectivity index (χ0) is 15.2. The molecular weight excluding hydrogens is 277 g/mol. The standard InChI is InChI=1S/C12H15F3N2O3/c1-19-9-4-3-8(5-10(9)20-2)16-6-11(18)17-7-12(13,14)15/h3-5,16H,6-7H2,1-2H3,(H,17,18). The minimum Gasteiger partial charge on any atom is -0.493 e. The lowest BCUT2D eigenvalue weighted by Crippen LogP contribution is -2.37. The van der Waals surface area contributed by atoms with Crippen LogP contribution < -0.4 is 20.1 Å². The summed E-state index contributed by atoms with van der Waals surface area (Å²) in [6, 6.07) is 4.82. The van der Waals surface area contributed by atoms with Crippen LogP contribution in [0.2, 0.25) is 0 Å². The molecular formula is C12H15F3N2O3. The molecule has 0 atom stereocenters. The maximum atomic E-state index is 11.9. The Labute approximate surface area is 114 Å². The van der Waals surface area contributed by atoms with Crippen molar-refractivity contribution in [2.45, 2.75) is 6.18 Å². The third kappa shape index (κ3) is 5.25. The number of rotatable bonds is 6. The summed E-state index contributed by atoms with van der Waals surface area (Å²) in [5.74, 6) is 0.213. The number of alkyl halides is 3. The quantitative estimate of drug-likeness (QED) is 0.839. The van der Waals surface area contributed by atoms with Crippen LogP contribution in [-0.4, -0.2) is 39.4 Å². The van der Waals surface area contributed by atoms with E-state index in [0.717, 1.165) is 0 Å². The van der Waals surface area contributed by atoms with Crippen LogP contribution >= 0.6 is 0 Å². The van der Waals surface area contributed by atoms with Gasteiger partial charge in [0.25, 0.3) is 0 Å². The second-order valence-electron chi connectivity index (χ2n) is 3.82. The van der Waals surface area contributed by atoms with Gasteiger partial charge in [-0.15, -0.1) is 0 Å². The van der Waals surface area contributed by atoms with E-state index in [0.29, 0.717) is 17.2 Å². The van der Waals surface area contributed by atoms with Crippen LogP contribution in [0.1, 0.15) is 0 Å². The first kappa shape index (κ1) is 15.9. The Morgan fingerprint density at radius 1 is 1.20 bits per heavy atom. The second kappa shape index (κ2) is 6.88. The first-order valence-corrected chi connectivity index (χ1v) is 5.65. The average molecular weight is 292 g/mol. The molecule has 5 nitrogen and oxygen atoms in total. The molecule has 8 heteroatoms. The van der Waals surface area contributed by atoms with Crippen LogP contribution in [0.3, 0.4) is 0 Å². The van der Waals surface area contributed by atoms with Gasteiger partial charge in [-0.3, -0.25) is 4.79 Å². The maximum absolute atomic E-state index is 11.9. The lowest BCUT2D eigenvalue weighted by atomic mass is 10.2. The molecule has 0 spiro atoms. The van der Waals surface area contributed by atoms with Crippen LogP contribution in [0.4, 0.5) is 18.9 Å². The summed E-state index contributed by atoms with van der Waals surface area (Å²) in [7, 11) is 2.94. The van der Waals surface area contributed by atoms with Crippen LogP contribution in [0.15, 0.2) is 18.2 Å². The molecule has 0 heterocycles. The van der Waals surface area contributed by atoms with Crippen molar-refractivity contribution in [3.05, 3.63) is 18.2 Å². The molecule has 2 N–H and O–H groups in total. The predicted molar refractivity (Wildman–Crippen MR) is 67.1 cm³/mol. The molecule has 0 radical (unpaired) electrons. The summed E-state index contributed by atoms with van der Waals surface area (Å²) >= 11 is 0. The first-order valence-electron chi connectivity index (χ1n) is 5.65. The number of benzene rings is 1. The number of ether oxygens (including phenoxy) is 2. The van der Waals surface area contributed by atoms with Gasteiger partial charge in [-0.1, -0.05) is 0 Å². The van der Waals surface area contributed by atoms with E-state index in [-0.39, 0.29) is 6.54 Å². The topological polar surface area (TPSA) is 59.6 Å².